The van der Waals surface area contributed by atoms with Crippen LogP contribution in [0.5, 0.6) is 0 Å². The van der Waals surface area contributed by atoms with Crippen molar-refractivity contribution < 1.29 is 9.59 Å². The van der Waals surface area contributed by atoms with E-state index in [1.54, 1.807) is 0 Å². The predicted octanol–water partition coefficient (Wildman–Crippen LogP) is 4.97. The Bertz CT molecular complexity index is 1390. The maximum atomic E-state index is 13.9. The van der Waals surface area contributed by atoms with Crippen molar-refractivity contribution in [1.29, 1.82) is 0 Å². The van der Waals surface area contributed by atoms with Gasteiger partial charge in [0.05, 0.1) is 0 Å². The highest BCUT2D eigenvalue weighted by Gasteiger charge is 2.34. The van der Waals surface area contributed by atoms with Gasteiger partial charge in [-0.25, -0.2) is 0 Å². The first-order valence-electron chi connectivity index (χ1n) is 13.5. The van der Waals surface area contributed by atoms with Gasteiger partial charge >= 0.3 is 0 Å². The van der Waals surface area contributed by atoms with E-state index in [1.165, 1.54) is 0 Å². The van der Waals surface area contributed by atoms with Crippen LogP contribution in [0.3, 0.4) is 0 Å². The van der Waals surface area contributed by atoms with Gasteiger partial charge in [0.25, 0.3) is 5.91 Å². The number of rotatable bonds is 9. The molecule has 0 fully saturated rings. The monoisotopic (exact) mass is 551 g/mol. The Hall–Kier alpha value is -3.95. The highest BCUT2D eigenvalue weighted by molar-refractivity contribution is 7.80. The number of carbonyl (C=O) groups excluding carboxylic acids is 2. The average molecular weight is 552 g/mol. The molecule has 0 saturated heterocycles. The molecule has 0 heterocycles. The summed E-state index contributed by atoms with van der Waals surface area (Å²) in [5.74, 6) is -0.459. The van der Waals surface area contributed by atoms with Crippen LogP contribution >= 0.6 is 7.92 Å². The van der Waals surface area contributed by atoms with E-state index in [-0.39, 0.29) is 11.8 Å². The smallest absolute Gasteiger partial charge is 0.252 e. The molecule has 40 heavy (non-hydrogen) atoms. The maximum Gasteiger partial charge on any atom is 0.252 e. The quantitative estimate of drug-likeness (QED) is 0.289. The molecule has 5 nitrogen and oxygen atoms in total. The van der Waals surface area contributed by atoms with Gasteiger partial charge in [0.2, 0.25) is 5.91 Å². The van der Waals surface area contributed by atoms with Gasteiger partial charge in [-0.15, -0.1) is 0 Å². The minimum Gasteiger partial charge on any atom is -0.377 e. The zero-order valence-electron chi connectivity index (χ0n) is 23.9. The zero-order chi connectivity index (χ0) is 28.7. The molecular formula is C34H38N3O2P. The van der Waals surface area contributed by atoms with Crippen LogP contribution in [0.2, 0.25) is 0 Å². The maximum absolute atomic E-state index is 13.9. The van der Waals surface area contributed by atoms with Crippen molar-refractivity contribution in [1.82, 2.24) is 10.6 Å². The molecule has 2 amide bonds. The first-order chi connectivity index (χ1) is 19.2. The SMILES string of the molecule is CN(C)c1ccccc1CNC(=O)[C@@H](NC(=O)c1ccccc1P(c1ccccc1)c1ccccc1)C(C)(C)C. The summed E-state index contributed by atoms with van der Waals surface area (Å²) in [5.41, 5.74) is 2.14. The second kappa shape index (κ2) is 12.9. The highest BCUT2D eigenvalue weighted by Crippen LogP contribution is 2.34. The molecule has 0 spiro atoms. The second-order valence-electron chi connectivity index (χ2n) is 11.0. The Morgan fingerprint density at radius 3 is 1.85 bits per heavy atom. The van der Waals surface area contributed by atoms with E-state index in [0.717, 1.165) is 27.2 Å². The number of para-hydroxylation sites is 1. The fraction of sp³-hybridized carbons (Fsp3) is 0.235. The van der Waals surface area contributed by atoms with E-state index in [0.29, 0.717) is 12.1 Å². The Balaban J connectivity index is 1.63. The van der Waals surface area contributed by atoms with Crippen LogP contribution in [-0.4, -0.2) is 32.0 Å². The number of anilines is 1. The molecule has 4 aromatic carbocycles. The van der Waals surface area contributed by atoms with Crippen molar-refractivity contribution in [3.8, 4) is 0 Å². The molecule has 0 aliphatic heterocycles. The fourth-order valence-electron chi connectivity index (χ4n) is 4.71. The molecule has 1 atom stereocenters. The van der Waals surface area contributed by atoms with E-state index in [9.17, 15) is 9.59 Å². The predicted molar refractivity (Wildman–Crippen MR) is 168 cm³/mol. The number of benzene rings is 4. The summed E-state index contributed by atoms with van der Waals surface area (Å²) < 4.78 is 0. The molecular weight excluding hydrogens is 513 g/mol. The van der Waals surface area contributed by atoms with Crippen molar-refractivity contribution in [2.75, 3.05) is 19.0 Å². The van der Waals surface area contributed by atoms with Crippen molar-refractivity contribution in [3.05, 3.63) is 120 Å². The molecule has 0 aliphatic carbocycles. The number of amides is 2. The lowest BCUT2D eigenvalue weighted by Gasteiger charge is -2.31. The molecule has 0 unspecified atom stereocenters. The van der Waals surface area contributed by atoms with Gasteiger partial charge in [0.1, 0.15) is 6.04 Å². The normalized spacial score (nSPS) is 12.1. The van der Waals surface area contributed by atoms with E-state index in [1.807, 2.05) is 125 Å². The first kappa shape index (κ1) is 29.0. The van der Waals surface area contributed by atoms with E-state index in [4.69, 9.17) is 0 Å². The van der Waals surface area contributed by atoms with Crippen LogP contribution < -0.4 is 31.4 Å². The van der Waals surface area contributed by atoms with Crippen LogP contribution in [0, 0.1) is 5.41 Å². The summed E-state index contributed by atoms with van der Waals surface area (Å²) in [6.45, 7) is 6.29. The van der Waals surface area contributed by atoms with Crippen LogP contribution in [-0.2, 0) is 11.3 Å². The first-order valence-corrected chi connectivity index (χ1v) is 14.8. The van der Waals surface area contributed by atoms with Crippen LogP contribution in [0.1, 0.15) is 36.7 Å². The number of nitrogens with one attached hydrogen (secondary N) is 2. The Morgan fingerprint density at radius 2 is 1.27 bits per heavy atom. The molecule has 4 rings (SSSR count). The summed E-state index contributed by atoms with van der Waals surface area (Å²) >= 11 is 0. The van der Waals surface area contributed by atoms with Gasteiger partial charge in [0.15, 0.2) is 0 Å². The zero-order valence-corrected chi connectivity index (χ0v) is 24.8. The summed E-state index contributed by atoms with van der Waals surface area (Å²) in [5, 5.41) is 9.44. The largest absolute Gasteiger partial charge is 0.377 e. The molecule has 6 heteroatoms. The molecule has 206 valence electrons. The summed E-state index contributed by atoms with van der Waals surface area (Å²) in [7, 11) is 2.98. The topological polar surface area (TPSA) is 61.4 Å². The lowest BCUT2D eigenvalue weighted by Crippen LogP contribution is -2.54. The molecule has 0 saturated carbocycles. The Kier molecular flexibility index (Phi) is 9.39. The lowest BCUT2D eigenvalue weighted by atomic mass is 9.85. The Morgan fingerprint density at radius 1 is 0.750 bits per heavy atom. The molecule has 0 aliphatic rings. The average Bonchev–Trinajstić information content (AvgIpc) is 2.95. The standard InChI is InChI=1S/C34H38N3O2P/c1-34(2,3)31(33(39)35-24-25-16-12-14-22-29(25)37(4)5)36-32(38)28-21-13-15-23-30(28)40(26-17-8-6-9-18-26)27-19-10-7-11-20-27/h6-23,31H,24H2,1-5H3,(H,35,39)(H,36,38)/t31-/m1/s1. The third-order valence-corrected chi connectivity index (χ3v) is 9.25. The molecule has 0 aromatic heterocycles. The van der Waals surface area contributed by atoms with Gasteiger partial charge in [-0.3, -0.25) is 9.59 Å². The highest BCUT2D eigenvalue weighted by atomic mass is 31.1. The van der Waals surface area contributed by atoms with Gasteiger partial charge < -0.3 is 15.5 Å². The minimum atomic E-state index is -0.981. The van der Waals surface area contributed by atoms with Crippen molar-refractivity contribution >= 4 is 41.3 Å². The third kappa shape index (κ3) is 6.97. The van der Waals surface area contributed by atoms with Gasteiger partial charge in [-0.05, 0) is 46.9 Å². The number of hydrogen-bond acceptors (Lipinski definition) is 3. The van der Waals surface area contributed by atoms with E-state index >= 15 is 0 Å². The van der Waals surface area contributed by atoms with E-state index in [2.05, 4.69) is 34.9 Å². The number of nitrogens with zero attached hydrogens (tertiary/aromatic N) is 1. The molecule has 2 N–H and O–H groups in total. The number of carbonyl (C=O) groups is 2. The van der Waals surface area contributed by atoms with Crippen molar-refractivity contribution in [3.63, 3.8) is 0 Å². The van der Waals surface area contributed by atoms with Crippen molar-refractivity contribution in [2.45, 2.75) is 33.4 Å². The summed E-state index contributed by atoms with van der Waals surface area (Å²) in [6, 6.07) is 35.6. The molecule has 0 bridgehead atoms. The summed E-state index contributed by atoms with van der Waals surface area (Å²) in [6.07, 6.45) is 0. The third-order valence-electron chi connectivity index (χ3n) is 6.75. The molecule has 0 radical (unpaired) electrons. The number of hydrogen-bond donors (Lipinski definition) is 2. The van der Waals surface area contributed by atoms with Crippen LogP contribution in [0.25, 0.3) is 0 Å². The van der Waals surface area contributed by atoms with Gasteiger partial charge in [-0.2, -0.15) is 0 Å². The van der Waals surface area contributed by atoms with Crippen LogP contribution in [0.15, 0.2) is 109 Å². The lowest BCUT2D eigenvalue weighted by molar-refractivity contribution is -0.125. The van der Waals surface area contributed by atoms with Crippen LogP contribution in [0.4, 0.5) is 5.69 Å². The second-order valence-corrected chi connectivity index (χ2v) is 13.2. The minimum absolute atomic E-state index is 0.208. The summed E-state index contributed by atoms with van der Waals surface area (Å²) in [4.78, 5) is 29.5. The molecule has 4 aromatic rings. The van der Waals surface area contributed by atoms with Gasteiger partial charge in [-0.1, -0.05) is 118 Å². The van der Waals surface area contributed by atoms with E-state index < -0.39 is 19.4 Å². The van der Waals surface area contributed by atoms with Crippen molar-refractivity contribution in [2.24, 2.45) is 5.41 Å². The fourth-order valence-corrected chi connectivity index (χ4v) is 7.15. The Labute approximate surface area is 239 Å². The van der Waals surface area contributed by atoms with Gasteiger partial charge in [0, 0.05) is 31.9 Å².